The van der Waals surface area contributed by atoms with Crippen LogP contribution in [0.2, 0.25) is 0 Å². The highest BCUT2D eigenvalue weighted by Crippen LogP contribution is 2.40. The smallest absolute Gasteiger partial charge is 0.318 e. The highest BCUT2D eigenvalue weighted by molar-refractivity contribution is 5.75. The van der Waals surface area contributed by atoms with Crippen molar-refractivity contribution in [1.29, 1.82) is 0 Å². The summed E-state index contributed by atoms with van der Waals surface area (Å²) in [6.45, 7) is 6.21. The highest BCUT2D eigenvalue weighted by Gasteiger charge is 2.39. The fourth-order valence-electron chi connectivity index (χ4n) is 3.42. The first-order valence-electron chi connectivity index (χ1n) is 8.75. The molecule has 128 valence electrons. The van der Waals surface area contributed by atoms with Crippen molar-refractivity contribution in [2.24, 2.45) is 13.0 Å². The van der Waals surface area contributed by atoms with E-state index in [-0.39, 0.29) is 17.7 Å². The average molecular weight is 320 g/mol. The predicted molar refractivity (Wildman–Crippen MR) is 88.0 cm³/mol. The second-order valence-electron chi connectivity index (χ2n) is 6.82. The van der Waals surface area contributed by atoms with Gasteiger partial charge in [-0.1, -0.05) is 13.8 Å². The van der Waals surface area contributed by atoms with Crippen LogP contribution in [0, 0.1) is 5.92 Å². The third-order valence-electron chi connectivity index (χ3n) is 5.33. The molecule has 3 rings (SSSR count). The molecule has 1 aromatic rings. The number of aryl methyl sites for hydroxylation is 1. The molecule has 6 heteroatoms. The molecule has 6 nitrogen and oxygen atoms in total. The molecule has 1 atom stereocenters. The second-order valence-corrected chi connectivity index (χ2v) is 6.82. The van der Waals surface area contributed by atoms with Crippen molar-refractivity contribution in [3.63, 3.8) is 0 Å². The van der Waals surface area contributed by atoms with E-state index >= 15 is 0 Å². The SMILES string of the molecule is CCC1(CC)CN(C(=O)N[C@@H](c2nccn2C)C2CC2)CCO1. The number of hydrogen-bond donors (Lipinski definition) is 1. The van der Waals surface area contributed by atoms with Gasteiger partial charge in [-0.25, -0.2) is 9.78 Å². The Kier molecular flexibility index (Phi) is 4.62. The van der Waals surface area contributed by atoms with E-state index in [4.69, 9.17) is 4.74 Å². The molecule has 2 heterocycles. The average Bonchev–Trinajstić information content (AvgIpc) is 3.34. The molecule has 2 aliphatic rings. The van der Waals surface area contributed by atoms with Crippen molar-refractivity contribution in [2.75, 3.05) is 19.7 Å². The summed E-state index contributed by atoms with van der Waals surface area (Å²) >= 11 is 0. The van der Waals surface area contributed by atoms with E-state index in [1.165, 1.54) is 0 Å². The summed E-state index contributed by atoms with van der Waals surface area (Å²) in [4.78, 5) is 19.1. The van der Waals surface area contributed by atoms with Gasteiger partial charge in [-0.15, -0.1) is 0 Å². The van der Waals surface area contributed by atoms with Gasteiger partial charge in [0.05, 0.1) is 24.8 Å². The third kappa shape index (κ3) is 3.37. The van der Waals surface area contributed by atoms with Crippen LogP contribution in [0.4, 0.5) is 4.79 Å². The van der Waals surface area contributed by atoms with E-state index in [1.54, 1.807) is 6.20 Å². The maximum Gasteiger partial charge on any atom is 0.318 e. The number of carbonyl (C=O) groups excluding carboxylic acids is 1. The molecule has 23 heavy (non-hydrogen) atoms. The fraction of sp³-hybridized carbons (Fsp3) is 0.765. The summed E-state index contributed by atoms with van der Waals surface area (Å²) in [5.74, 6) is 1.47. The Morgan fingerprint density at radius 2 is 2.22 bits per heavy atom. The van der Waals surface area contributed by atoms with Crippen molar-refractivity contribution in [1.82, 2.24) is 19.8 Å². The summed E-state index contributed by atoms with van der Waals surface area (Å²) in [7, 11) is 1.98. The lowest BCUT2D eigenvalue weighted by Crippen LogP contribution is -2.56. The molecule has 1 aromatic heterocycles. The zero-order chi connectivity index (χ0) is 16.4. The number of imidazole rings is 1. The van der Waals surface area contributed by atoms with Gasteiger partial charge in [-0.2, -0.15) is 0 Å². The van der Waals surface area contributed by atoms with E-state index in [0.29, 0.717) is 25.6 Å². The molecule has 1 saturated heterocycles. The number of rotatable bonds is 5. The Bertz CT molecular complexity index is 549. The van der Waals surface area contributed by atoms with E-state index < -0.39 is 0 Å². The summed E-state index contributed by atoms with van der Waals surface area (Å²) in [6.07, 6.45) is 7.91. The molecular formula is C17H28N4O2. The molecule has 2 amide bonds. The summed E-state index contributed by atoms with van der Waals surface area (Å²) in [6, 6.07) is 0.0301. The molecule has 0 aromatic carbocycles. The number of carbonyl (C=O) groups is 1. The molecule has 0 unspecified atom stereocenters. The maximum absolute atomic E-state index is 12.8. The number of amides is 2. The number of nitrogens with one attached hydrogen (secondary N) is 1. The minimum Gasteiger partial charge on any atom is -0.371 e. The van der Waals surface area contributed by atoms with Crippen molar-refractivity contribution in [2.45, 2.75) is 51.2 Å². The van der Waals surface area contributed by atoms with Crippen molar-refractivity contribution >= 4 is 6.03 Å². The van der Waals surface area contributed by atoms with Crippen LogP contribution in [0.3, 0.4) is 0 Å². The summed E-state index contributed by atoms with van der Waals surface area (Å²) < 4.78 is 7.97. The molecule has 2 fully saturated rings. The van der Waals surface area contributed by atoms with Gasteiger partial charge in [-0.3, -0.25) is 0 Å². The predicted octanol–water partition coefficient (Wildman–Crippen LogP) is 2.47. The normalized spacial score (nSPS) is 22.0. The summed E-state index contributed by atoms with van der Waals surface area (Å²) in [5.41, 5.74) is -0.187. The van der Waals surface area contributed by atoms with Gasteiger partial charge in [0, 0.05) is 26.0 Å². The van der Waals surface area contributed by atoms with E-state index in [0.717, 1.165) is 31.5 Å². The van der Waals surface area contributed by atoms with Crippen LogP contribution in [-0.2, 0) is 11.8 Å². The lowest BCUT2D eigenvalue weighted by molar-refractivity contribution is -0.101. The molecule has 0 radical (unpaired) electrons. The minimum absolute atomic E-state index is 0.0134. The Balaban J connectivity index is 1.69. The highest BCUT2D eigenvalue weighted by atomic mass is 16.5. The van der Waals surface area contributed by atoms with Gasteiger partial charge in [0.15, 0.2) is 0 Å². The maximum atomic E-state index is 12.8. The zero-order valence-electron chi connectivity index (χ0n) is 14.4. The second kappa shape index (κ2) is 6.51. The van der Waals surface area contributed by atoms with Gasteiger partial charge in [-0.05, 0) is 31.6 Å². The van der Waals surface area contributed by atoms with Crippen LogP contribution in [0.5, 0.6) is 0 Å². The lowest BCUT2D eigenvalue weighted by Gasteiger charge is -2.42. The van der Waals surface area contributed by atoms with Gasteiger partial charge in [0.25, 0.3) is 0 Å². The Morgan fingerprint density at radius 1 is 1.48 bits per heavy atom. The first-order chi connectivity index (χ1) is 11.1. The van der Waals surface area contributed by atoms with Crippen molar-refractivity contribution < 1.29 is 9.53 Å². The zero-order valence-corrected chi connectivity index (χ0v) is 14.4. The largest absolute Gasteiger partial charge is 0.371 e. The Morgan fingerprint density at radius 3 is 2.78 bits per heavy atom. The number of nitrogens with zero attached hydrogens (tertiary/aromatic N) is 3. The molecule has 1 aliphatic carbocycles. The van der Waals surface area contributed by atoms with Gasteiger partial charge in [0.1, 0.15) is 5.82 Å². The van der Waals surface area contributed by atoms with Gasteiger partial charge in [0.2, 0.25) is 0 Å². The van der Waals surface area contributed by atoms with E-state index in [2.05, 4.69) is 24.1 Å². The van der Waals surface area contributed by atoms with Crippen molar-refractivity contribution in [3.8, 4) is 0 Å². The first kappa shape index (κ1) is 16.3. The number of ether oxygens (including phenoxy) is 1. The van der Waals surface area contributed by atoms with Crippen LogP contribution >= 0.6 is 0 Å². The number of aromatic nitrogens is 2. The summed E-state index contributed by atoms with van der Waals surface area (Å²) in [5, 5.41) is 3.23. The van der Waals surface area contributed by atoms with Crippen LogP contribution in [0.15, 0.2) is 12.4 Å². The van der Waals surface area contributed by atoms with Gasteiger partial charge >= 0.3 is 6.03 Å². The Labute approximate surface area is 138 Å². The van der Waals surface area contributed by atoms with Crippen LogP contribution in [0.1, 0.15) is 51.4 Å². The van der Waals surface area contributed by atoms with E-state index in [9.17, 15) is 4.79 Å². The van der Waals surface area contributed by atoms with Crippen LogP contribution < -0.4 is 5.32 Å². The molecule has 1 N–H and O–H groups in total. The molecular weight excluding hydrogens is 292 g/mol. The standard InChI is InChI=1S/C17H28N4O2/c1-4-17(5-2)12-21(10-11-23-17)16(22)19-14(13-6-7-13)15-18-8-9-20(15)3/h8-9,13-14H,4-7,10-12H2,1-3H3,(H,19,22)/t14-/m1/s1. The third-order valence-corrected chi connectivity index (χ3v) is 5.33. The molecule has 1 saturated carbocycles. The van der Waals surface area contributed by atoms with Gasteiger partial charge < -0.3 is 19.5 Å². The molecule has 0 spiro atoms. The lowest BCUT2D eigenvalue weighted by atomic mass is 9.95. The minimum atomic E-state index is -0.187. The van der Waals surface area contributed by atoms with E-state index in [1.807, 2.05) is 22.7 Å². The monoisotopic (exact) mass is 320 g/mol. The number of morpholine rings is 1. The fourth-order valence-corrected chi connectivity index (χ4v) is 3.42. The Hall–Kier alpha value is -1.56. The van der Waals surface area contributed by atoms with Crippen LogP contribution in [-0.4, -0.2) is 45.8 Å². The first-order valence-corrected chi connectivity index (χ1v) is 8.75. The topological polar surface area (TPSA) is 59.4 Å². The number of urea groups is 1. The molecule has 1 aliphatic heterocycles. The molecule has 0 bridgehead atoms. The van der Waals surface area contributed by atoms with Crippen molar-refractivity contribution in [3.05, 3.63) is 18.2 Å². The quantitative estimate of drug-likeness (QED) is 0.906. The van der Waals surface area contributed by atoms with Crippen LogP contribution in [0.25, 0.3) is 0 Å². The number of hydrogen-bond acceptors (Lipinski definition) is 3.